The minimum atomic E-state index is 0. The summed E-state index contributed by atoms with van der Waals surface area (Å²) in [6.45, 7) is 0. The van der Waals surface area contributed by atoms with E-state index in [4.69, 9.17) is 0 Å². The molecule has 0 radical (unpaired) electrons. The van der Waals surface area contributed by atoms with E-state index < -0.39 is 0 Å². The second-order valence-electron chi connectivity index (χ2n) is 0. The molecule has 4 heavy (non-hydrogen) atoms. The fraction of sp³-hybridized carbons (Fsp3) is 0. The van der Waals surface area contributed by atoms with Crippen LogP contribution < -0.4 is 4.70 Å². The van der Waals surface area contributed by atoms with Crippen LogP contribution in [0.1, 0.15) is 0 Å². The zero-order valence-electron chi connectivity index (χ0n) is 2.07. The van der Waals surface area contributed by atoms with Gasteiger partial charge in [0.05, 0.1) is 0 Å². The molecule has 0 aromatic rings. The van der Waals surface area contributed by atoms with Gasteiger partial charge in [0.25, 0.3) is 0 Å². The van der Waals surface area contributed by atoms with Gasteiger partial charge in [-0.15, -0.1) is 0 Å². The van der Waals surface area contributed by atoms with Gasteiger partial charge in [0.1, 0.15) is 0 Å². The second kappa shape index (κ2) is 21.0. The van der Waals surface area contributed by atoms with Gasteiger partial charge < -0.3 is 10.2 Å². The van der Waals surface area contributed by atoms with E-state index in [-0.39, 0.29) is 68.8 Å². The van der Waals surface area contributed by atoms with Crippen LogP contribution in [0.25, 0.3) is 0 Å². The van der Waals surface area contributed by atoms with Crippen molar-refractivity contribution in [3.63, 3.8) is 0 Å². The monoisotopic (exact) mass is 198 g/mol. The first kappa shape index (κ1) is 40.2. The normalized spacial score (nSPS) is 0. The van der Waals surface area contributed by atoms with E-state index in [1.165, 1.54) is 0 Å². The molecule has 0 spiro atoms. The maximum absolute atomic E-state index is 0. The first-order valence-electron chi connectivity index (χ1n) is 0. The summed E-state index contributed by atoms with van der Waals surface area (Å²) in [4.78, 5) is 0. The van der Waals surface area contributed by atoms with Crippen molar-refractivity contribution in [1.82, 2.24) is 0 Å². The molecule has 16 valence electrons. The van der Waals surface area contributed by atoms with Crippen molar-refractivity contribution < 1.29 is 45.8 Å². The summed E-state index contributed by atoms with van der Waals surface area (Å²) in [5.41, 5.74) is 0. The predicted molar refractivity (Wildman–Crippen MR) is 6.44 cm³/mol. The van der Waals surface area contributed by atoms with Gasteiger partial charge in [0.2, 0.25) is 0 Å². The zero-order chi connectivity index (χ0) is 0. The van der Waals surface area contributed by atoms with Crippen molar-refractivity contribution in [2.75, 3.05) is 0 Å². The third-order valence-electron chi connectivity index (χ3n) is 0. The average Bonchev–Trinajstić information content (AvgIpc) is 0. The molecule has 0 unspecified atom stereocenters. The summed E-state index contributed by atoms with van der Waals surface area (Å²) in [5.74, 6) is 0. The number of hydrogen-bond donors (Lipinski definition) is 0. The molecule has 0 heterocycles. The Kier molecular flexibility index (Phi) is 211. The molecule has 0 aliphatic heterocycles. The Bertz CT molecular complexity index is 8.00. The van der Waals surface area contributed by atoms with Gasteiger partial charge in [-0.2, -0.15) is 0 Å². The van der Waals surface area contributed by atoms with Crippen molar-refractivity contribution >= 4 is 23.1 Å². The third-order valence-corrected chi connectivity index (χ3v) is 0. The smallest absolute Gasteiger partial charge is 2.00 e. The van der Waals surface area contributed by atoms with Crippen LogP contribution >= 0.6 is 0 Å². The van der Waals surface area contributed by atoms with E-state index in [0.717, 1.165) is 0 Å². The van der Waals surface area contributed by atoms with Gasteiger partial charge in [-0.05, 0) is 0 Å². The third kappa shape index (κ3) is 9.14. The topological polar surface area (TPSA) is 28.5 Å². The molecular formula is FLaMgO+2. The van der Waals surface area contributed by atoms with Gasteiger partial charge in [-0.1, -0.05) is 0 Å². The van der Waals surface area contributed by atoms with E-state index in [1.807, 2.05) is 0 Å². The number of halogens is 1. The molecule has 0 bridgehead atoms. The van der Waals surface area contributed by atoms with E-state index in [9.17, 15) is 0 Å². The molecule has 0 aliphatic carbocycles. The largest absolute Gasteiger partial charge is 3.00 e. The van der Waals surface area contributed by atoms with E-state index in [1.54, 1.807) is 0 Å². The van der Waals surface area contributed by atoms with E-state index >= 15 is 0 Å². The van der Waals surface area contributed by atoms with Crippen LogP contribution in [0.5, 0.6) is 0 Å². The fourth-order valence-corrected chi connectivity index (χ4v) is 0. The molecule has 1 nitrogen and oxygen atoms in total. The van der Waals surface area contributed by atoms with Gasteiger partial charge in [-0.25, -0.2) is 0 Å². The number of hydrogen-bond acceptors (Lipinski definition) is 0. The first-order valence-corrected chi connectivity index (χ1v) is 0. The molecule has 4 heteroatoms. The molecule has 0 rings (SSSR count). The van der Waals surface area contributed by atoms with Gasteiger partial charge in [0.15, 0.2) is 0 Å². The van der Waals surface area contributed by atoms with Gasteiger partial charge in [-0.3, -0.25) is 0 Å². The zero-order valence-corrected chi connectivity index (χ0v) is 7.11. The average molecular weight is 198 g/mol. The molecule has 0 fully saturated rings. The fourth-order valence-electron chi connectivity index (χ4n) is 0. The maximum atomic E-state index is 0. The van der Waals surface area contributed by atoms with Crippen LogP contribution in [0.3, 0.4) is 0 Å². The Morgan fingerprint density at radius 1 is 1.00 bits per heavy atom. The second-order valence-corrected chi connectivity index (χ2v) is 0. The predicted octanol–water partition coefficient (Wildman–Crippen LogP) is -3.50. The van der Waals surface area contributed by atoms with Crippen molar-refractivity contribution in [3.8, 4) is 0 Å². The summed E-state index contributed by atoms with van der Waals surface area (Å²) in [6, 6.07) is 0. The van der Waals surface area contributed by atoms with Crippen molar-refractivity contribution in [2.24, 2.45) is 0 Å². The SMILES string of the molecule is [F-].[La+3].[Mg+2].[O-2]. The molecule has 0 aliphatic rings. The van der Waals surface area contributed by atoms with E-state index in [0.29, 0.717) is 0 Å². The van der Waals surface area contributed by atoms with Crippen LogP contribution in [0, 0.1) is 35.6 Å². The van der Waals surface area contributed by atoms with Crippen LogP contribution in [0.2, 0.25) is 0 Å². The Labute approximate surface area is 68.0 Å². The molecule has 0 atom stereocenters. The Morgan fingerprint density at radius 2 is 1.00 bits per heavy atom. The van der Waals surface area contributed by atoms with Gasteiger partial charge >= 0.3 is 58.7 Å². The Morgan fingerprint density at radius 3 is 1.00 bits per heavy atom. The molecule has 0 saturated heterocycles. The minimum Gasteiger partial charge on any atom is -2.00 e. The summed E-state index contributed by atoms with van der Waals surface area (Å²) in [5, 5.41) is 0. The molecule has 0 amide bonds. The van der Waals surface area contributed by atoms with Crippen LogP contribution in [0.4, 0.5) is 0 Å². The molecular weight excluding hydrogens is 198 g/mol. The van der Waals surface area contributed by atoms with Crippen LogP contribution in [-0.2, 0) is 5.48 Å². The summed E-state index contributed by atoms with van der Waals surface area (Å²) in [7, 11) is 0. The Balaban J connectivity index is 0. The molecule has 0 aromatic heterocycles. The molecule has 0 saturated carbocycles. The van der Waals surface area contributed by atoms with Gasteiger partial charge in [0, 0.05) is 0 Å². The van der Waals surface area contributed by atoms with Crippen molar-refractivity contribution in [1.29, 1.82) is 0 Å². The van der Waals surface area contributed by atoms with Crippen molar-refractivity contribution in [3.05, 3.63) is 0 Å². The number of rotatable bonds is 0. The standard InChI is InChI=1S/FH.La.Mg.O/h1H;;;/q;+3;+2;-2/p-1. The van der Waals surface area contributed by atoms with E-state index in [2.05, 4.69) is 0 Å². The van der Waals surface area contributed by atoms with Crippen molar-refractivity contribution in [2.45, 2.75) is 0 Å². The molecule has 0 N–H and O–H groups in total. The summed E-state index contributed by atoms with van der Waals surface area (Å²) >= 11 is 0. The minimum absolute atomic E-state index is 0. The van der Waals surface area contributed by atoms with Crippen LogP contribution in [0.15, 0.2) is 0 Å². The van der Waals surface area contributed by atoms with Crippen LogP contribution in [-0.4, -0.2) is 23.1 Å². The Hall–Kier alpha value is 1.85. The quantitative estimate of drug-likeness (QED) is 0.361. The summed E-state index contributed by atoms with van der Waals surface area (Å²) in [6.07, 6.45) is 0. The molecule has 0 aromatic carbocycles. The summed E-state index contributed by atoms with van der Waals surface area (Å²) < 4.78 is 0. The first-order chi connectivity index (χ1) is 0. The maximum Gasteiger partial charge on any atom is 3.00 e.